The maximum absolute atomic E-state index is 13.0. The zero-order valence-electron chi connectivity index (χ0n) is 8.72. The van der Waals surface area contributed by atoms with Crippen LogP contribution in [0.3, 0.4) is 0 Å². The molecule has 2 aromatic heterocycles. The Morgan fingerprint density at radius 1 is 1.12 bits per heavy atom. The van der Waals surface area contributed by atoms with Gasteiger partial charge in [0.15, 0.2) is 0 Å². The Labute approximate surface area is 101 Å². The van der Waals surface area contributed by atoms with E-state index in [1.165, 1.54) is 23.5 Å². The van der Waals surface area contributed by atoms with E-state index in [0.29, 0.717) is 17.0 Å². The number of pyridine rings is 1. The van der Waals surface area contributed by atoms with E-state index in [4.69, 9.17) is 5.73 Å². The third-order valence-corrected chi connectivity index (χ3v) is 3.40. The predicted molar refractivity (Wildman–Crippen MR) is 67.2 cm³/mol. The third-order valence-electron chi connectivity index (χ3n) is 2.34. The standard InChI is InChI=1S/C12H8FN3S/c13-7-4-5-10-9(6-7)16-12(17-10)8-2-1-3-11(14)15-8/h1-6H,(H2,14,15). The first-order valence-corrected chi connectivity index (χ1v) is 5.83. The molecule has 0 amide bonds. The molecule has 0 aliphatic carbocycles. The molecule has 2 N–H and O–H groups in total. The van der Waals surface area contributed by atoms with Gasteiger partial charge in [0.05, 0.1) is 10.2 Å². The van der Waals surface area contributed by atoms with E-state index < -0.39 is 0 Å². The van der Waals surface area contributed by atoms with Crippen molar-refractivity contribution in [3.05, 3.63) is 42.2 Å². The van der Waals surface area contributed by atoms with Crippen molar-refractivity contribution < 1.29 is 4.39 Å². The molecule has 84 valence electrons. The fourth-order valence-corrected chi connectivity index (χ4v) is 2.50. The minimum Gasteiger partial charge on any atom is -0.384 e. The molecule has 5 heteroatoms. The van der Waals surface area contributed by atoms with Crippen LogP contribution in [0.25, 0.3) is 20.9 Å². The van der Waals surface area contributed by atoms with Gasteiger partial charge in [-0.15, -0.1) is 11.3 Å². The van der Waals surface area contributed by atoms with Crippen molar-refractivity contribution in [2.24, 2.45) is 0 Å². The van der Waals surface area contributed by atoms with E-state index in [0.717, 1.165) is 9.71 Å². The fraction of sp³-hybridized carbons (Fsp3) is 0. The van der Waals surface area contributed by atoms with Crippen LogP contribution in [0.2, 0.25) is 0 Å². The predicted octanol–water partition coefficient (Wildman–Crippen LogP) is 3.08. The summed E-state index contributed by atoms with van der Waals surface area (Å²) in [4.78, 5) is 8.54. The number of halogens is 1. The van der Waals surface area contributed by atoms with Crippen molar-refractivity contribution in [3.63, 3.8) is 0 Å². The van der Waals surface area contributed by atoms with Gasteiger partial charge in [-0.2, -0.15) is 0 Å². The number of hydrogen-bond acceptors (Lipinski definition) is 4. The van der Waals surface area contributed by atoms with Gasteiger partial charge in [0.25, 0.3) is 0 Å². The van der Waals surface area contributed by atoms with Gasteiger partial charge in [-0.05, 0) is 24.3 Å². The third kappa shape index (κ3) is 1.85. The van der Waals surface area contributed by atoms with Crippen molar-refractivity contribution >= 4 is 27.4 Å². The Hall–Kier alpha value is -2.01. The normalized spacial score (nSPS) is 10.9. The van der Waals surface area contributed by atoms with Gasteiger partial charge in [-0.3, -0.25) is 0 Å². The zero-order valence-corrected chi connectivity index (χ0v) is 9.54. The molecule has 3 rings (SSSR count). The van der Waals surface area contributed by atoms with Gasteiger partial charge < -0.3 is 5.73 Å². The van der Waals surface area contributed by atoms with Crippen molar-refractivity contribution in [3.8, 4) is 10.7 Å². The first-order chi connectivity index (χ1) is 8.22. The number of rotatable bonds is 1. The molecular formula is C12H8FN3S. The lowest BCUT2D eigenvalue weighted by atomic mass is 10.3. The summed E-state index contributed by atoms with van der Waals surface area (Å²) in [6.07, 6.45) is 0. The molecule has 0 unspecified atom stereocenters. The van der Waals surface area contributed by atoms with Crippen LogP contribution in [0, 0.1) is 5.82 Å². The highest BCUT2D eigenvalue weighted by Gasteiger charge is 2.08. The number of hydrogen-bond donors (Lipinski definition) is 1. The van der Waals surface area contributed by atoms with Crippen LogP contribution in [0.5, 0.6) is 0 Å². The Morgan fingerprint density at radius 2 is 2.00 bits per heavy atom. The van der Waals surface area contributed by atoms with Crippen LogP contribution in [0.1, 0.15) is 0 Å². The lowest BCUT2D eigenvalue weighted by Gasteiger charge is -1.95. The van der Waals surface area contributed by atoms with E-state index in [2.05, 4.69) is 9.97 Å². The van der Waals surface area contributed by atoms with E-state index in [1.807, 2.05) is 12.1 Å². The Morgan fingerprint density at radius 3 is 2.82 bits per heavy atom. The molecule has 0 saturated heterocycles. The summed E-state index contributed by atoms with van der Waals surface area (Å²) in [6, 6.07) is 9.95. The van der Waals surface area contributed by atoms with Crippen molar-refractivity contribution in [1.82, 2.24) is 9.97 Å². The van der Waals surface area contributed by atoms with Crippen molar-refractivity contribution in [2.45, 2.75) is 0 Å². The minimum absolute atomic E-state index is 0.283. The molecule has 0 saturated carbocycles. The van der Waals surface area contributed by atoms with E-state index in [1.54, 1.807) is 12.1 Å². The Bertz CT molecular complexity index is 693. The average Bonchev–Trinajstić information content (AvgIpc) is 2.72. The van der Waals surface area contributed by atoms with E-state index in [-0.39, 0.29) is 5.82 Å². The van der Waals surface area contributed by atoms with Gasteiger partial charge in [-0.25, -0.2) is 14.4 Å². The number of aromatic nitrogens is 2. The summed E-state index contributed by atoms with van der Waals surface area (Å²) in [6.45, 7) is 0. The van der Waals surface area contributed by atoms with Crippen LogP contribution in [-0.4, -0.2) is 9.97 Å². The second kappa shape index (κ2) is 3.78. The molecule has 3 aromatic rings. The van der Waals surface area contributed by atoms with Crippen LogP contribution in [0.15, 0.2) is 36.4 Å². The van der Waals surface area contributed by atoms with Gasteiger partial charge >= 0.3 is 0 Å². The van der Waals surface area contributed by atoms with Gasteiger partial charge in [0, 0.05) is 6.07 Å². The van der Waals surface area contributed by atoms with E-state index >= 15 is 0 Å². The summed E-state index contributed by atoms with van der Waals surface area (Å²) in [7, 11) is 0. The van der Waals surface area contributed by atoms with E-state index in [9.17, 15) is 4.39 Å². The highest BCUT2D eigenvalue weighted by atomic mass is 32.1. The highest BCUT2D eigenvalue weighted by molar-refractivity contribution is 7.21. The summed E-state index contributed by atoms with van der Waals surface area (Å²) in [5, 5.41) is 0.748. The highest BCUT2D eigenvalue weighted by Crippen LogP contribution is 2.29. The molecule has 17 heavy (non-hydrogen) atoms. The lowest BCUT2D eigenvalue weighted by molar-refractivity contribution is 0.629. The number of benzene rings is 1. The number of nitrogens with zero attached hydrogens (tertiary/aromatic N) is 2. The quantitative estimate of drug-likeness (QED) is 0.716. The summed E-state index contributed by atoms with van der Waals surface area (Å²) < 4.78 is 14.0. The van der Waals surface area contributed by atoms with Crippen molar-refractivity contribution in [2.75, 3.05) is 5.73 Å². The molecule has 1 aromatic carbocycles. The summed E-state index contributed by atoms with van der Waals surface area (Å²) in [5.74, 6) is 0.169. The van der Waals surface area contributed by atoms with Crippen LogP contribution < -0.4 is 5.73 Å². The average molecular weight is 245 g/mol. The molecule has 0 aliphatic rings. The maximum atomic E-state index is 13.0. The molecule has 3 nitrogen and oxygen atoms in total. The van der Waals surface area contributed by atoms with Crippen LogP contribution in [-0.2, 0) is 0 Å². The first-order valence-electron chi connectivity index (χ1n) is 5.01. The lowest BCUT2D eigenvalue weighted by Crippen LogP contribution is -1.90. The fourth-order valence-electron chi connectivity index (χ4n) is 1.58. The number of fused-ring (bicyclic) bond motifs is 1. The molecule has 0 bridgehead atoms. The van der Waals surface area contributed by atoms with Crippen molar-refractivity contribution in [1.29, 1.82) is 0 Å². The monoisotopic (exact) mass is 245 g/mol. The van der Waals surface area contributed by atoms with Crippen LogP contribution >= 0.6 is 11.3 Å². The summed E-state index contributed by atoms with van der Waals surface area (Å²) >= 11 is 1.47. The molecular weight excluding hydrogens is 237 g/mol. The molecule has 0 fully saturated rings. The van der Waals surface area contributed by atoms with Gasteiger partial charge in [-0.1, -0.05) is 6.07 Å². The number of anilines is 1. The minimum atomic E-state index is -0.283. The maximum Gasteiger partial charge on any atom is 0.143 e. The van der Waals surface area contributed by atoms with Gasteiger partial charge in [0.2, 0.25) is 0 Å². The molecule has 0 radical (unpaired) electrons. The molecule has 0 atom stereocenters. The molecule has 0 aliphatic heterocycles. The second-order valence-electron chi connectivity index (χ2n) is 3.58. The van der Waals surface area contributed by atoms with Crippen LogP contribution in [0.4, 0.5) is 10.2 Å². The van der Waals surface area contributed by atoms with Gasteiger partial charge in [0.1, 0.15) is 22.3 Å². The Kier molecular flexibility index (Phi) is 2.26. The second-order valence-corrected chi connectivity index (χ2v) is 4.61. The SMILES string of the molecule is Nc1cccc(-c2nc3cc(F)ccc3s2)n1. The largest absolute Gasteiger partial charge is 0.384 e. The number of nitrogens with two attached hydrogens (primary N) is 1. The zero-order chi connectivity index (χ0) is 11.8. The smallest absolute Gasteiger partial charge is 0.143 e. The number of thiazole rings is 1. The topological polar surface area (TPSA) is 51.8 Å². The molecule has 0 spiro atoms. The Balaban J connectivity index is 2.18. The number of nitrogen functional groups attached to an aromatic ring is 1. The summed E-state index contributed by atoms with van der Waals surface area (Å²) in [5.41, 5.74) is 6.98. The molecule has 2 heterocycles. The first kappa shape index (κ1) is 10.2.